The number of amides is 1. The summed E-state index contributed by atoms with van der Waals surface area (Å²) in [6.07, 6.45) is 5.18. The molecule has 0 saturated heterocycles. The van der Waals surface area contributed by atoms with Gasteiger partial charge in [0.1, 0.15) is 18.2 Å². The van der Waals surface area contributed by atoms with E-state index >= 15 is 0 Å². The van der Waals surface area contributed by atoms with E-state index in [1.54, 1.807) is 22.2 Å². The van der Waals surface area contributed by atoms with Gasteiger partial charge in [0, 0.05) is 18.0 Å². The largest absolute Gasteiger partial charge is 0.464 e. The molecule has 0 fully saturated rings. The molecular weight excluding hydrogens is 364 g/mol. The zero-order valence-electron chi connectivity index (χ0n) is 17.1. The van der Waals surface area contributed by atoms with Crippen LogP contribution >= 0.6 is 0 Å². The maximum absolute atomic E-state index is 12.9. The van der Waals surface area contributed by atoms with Crippen molar-refractivity contribution in [3.63, 3.8) is 0 Å². The lowest BCUT2D eigenvalue weighted by atomic mass is 10.0. The van der Waals surface area contributed by atoms with Crippen molar-refractivity contribution in [2.24, 2.45) is 0 Å². The van der Waals surface area contributed by atoms with Crippen molar-refractivity contribution >= 4 is 16.9 Å². The number of hydrogen-bond acceptors (Lipinski definition) is 4. The molecule has 29 heavy (non-hydrogen) atoms. The van der Waals surface area contributed by atoms with Gasteiger partial charge in [0.05, 0.1) is 24.4 Å². The van der Waals surface area contributed by atoms with E-state index in [4.69, 9.17) is 4.42 Å². The first-order chi connectivity index (χ1) is 13.9. The Hall–Kier alpha value is -3.41. The number of benzene rings is 2. The molecule has 4 aromatic rings. The molecule has 6 heteroatoms. The van der Waals surface area contributed by atoms with Crippen LogP contribution in [-0.2, 0) is 11.2 Å². The maximum Gasteiger partial charge on any atom is 0.227 e. The van der Waals surface area contributed by atoms with Crippen molar-refractivity contribution in [2.75, 3.05) is 7.05 Å². The summed E-state index contributed by atoms with van der Waals surface area (Å²) >= 11 is 0. The number of aryl methyl sites for hydroxylation is 2. The fourth-order valence-corrected chi connectivity index (χ4v) is 3.45. The summed E-state index contributed by atoms with van der Waals surface area (Å²) in [5.74, 6) is 0.0544. The number of furan rings is 1. The number of aromatic nitrogens is 3. The Kier molecular flexibility index (Phi) is 4.92. The quantitative estimate of drug-likeness (QED) is 0.509. The van der Waals surface area contributed by atoms with E-state index in [-0.39, 0.29) is 11.9 Å². The smallest absolute Gasteiger partial charge is 0.227 e. The highest BCUT2D eigenvalue weighted by Crippen LogP contribution is 2.27. The fraction of sp³-hybridized carbons (Fsp3) is 0.261. The third-order valence-corrected chi connectivity index (χ3v) is 5.64. The summed E-state index contributed by atoms with van der Waals surface area (Å²) in [6, 6.07) is 12.1. The van der Waals surface area contributed by atoms with Gasteiger partial charge in [0.15, 0.2) is 0 Å². The van der Waals surface area contributed by atoms with Gasteiger partial charge in [-0.3, -0.25) is 4.79 Å². The summed E-state index contributed by atoms with van der Waals surface area (Å²) < 4.78 is 7.38. The third kappa shape index (κ3) is 3.66. The van der Waals surface area contributed by atoms with Crippen LogP contribution in [0.4, 0.5) is 0 Å². The molecule has 2 aromatic carbocycles. The number of carbonyl (C=O) groups is 1. The molecule has 148 valence electrons. The number of likely N-dealkylation sites (N-methyl/N-ethyl adjacent to an activating group) is 1. The average molecular weight is 388 g/mol. The second-order valence-corrected chi connectivity index (χ2v) is 7.48. The molecule has 0 unspecified atom stereocenters. The van der Waals surface area contributed by atoms with Gasteiger partial charge in [-0.25, -0.2) is 9.67 Å². The molecule has 6 nitrogen and oxygen atoms in total. The van der Waals surface area contributed by atoms with Crippen LogP contribution in [0.1, 0.15) is 35.2 Å². The lowest BCUT2D eigenvalue weighted by Crippen LogP contribution is -2.30. The zero-order valence-corrected chi connectivity index (χ0v) is 17.1. The molecule has 2 aromatic heterocycles. The first kappa shape index (κ1) is 18.9. The molecule has 2 heterocycles. The second kappa shape index (κ2) is 7.54. The summed E-state index contributed by atoms with van der Waals surface area (Å²) in [6.45, 7) is 6.17. The molecule has 0 saturated carbocycles. The highest BCUT2D eigenvalue weighted by Gasteiger charge is 2.20. The lowest BCUT2D eigenvalue weighted by molar-refractivity contribution is -0.131. The summed E-state index contributed by atoms with van der Waals surface area (Å²) in [4.78, 5) is 18.7. The van der Waals surface area contributed by atoms with E-state index in [2.05, 4.69) is 30.0 Å². The molecular formula is C23H24N4O2. The Morgan fingerprint density at radius 3 is 2.59 bits per heavy atom. The van der Waals surface area contributed by atoms with E-state index in [0.29, 0.717) is 6.42 Å². The molecule has 4 rings (SSSR count). The Balaban J connectivity index is 1.49. The SMILES string of the molecule is Cc1cc2occ(CC(=O)N(C)[C@H](C)c3ccc(-n4cncn4)cc3)c2cc1C. The van der Waals surface area contributed by atoms with Crippen molar-refractivity contribution in [3.05, 3.63) is 77.6 Å². The Labute approximate surface area is 169 Å². The minimum atomic E-state index is -0.0468. The van der Waals surface area contributed by atoms with E-state index in [9.17, 15) is 4.79 Å². The van der Waals surface area contributed by atoms with E-state index in [1.165, 1.54) is 17.5 Å². The standard InChI is InChI=1S/C23H24N4O2/c1-15-9-21-19(12-29-22(21)10-16(15)2)11-23(28)26(4)17(3)18-5-7-20(8-6-18)27-14-24-13-25-27/h5-10,12-14,17H,11H2,1-4H3/t17-/m1/s1. The maximum atomic E-state index is 12.9. The number of rotatable bonds is 5. The molecule has 0 aliphatic carbocycles. The van der Waals surface area contributed by atoms with Crippen LogP contribution in [0.25, 0.3) is 16.7 Å². The third-order valence-electron chi connectivity index (χ3n) is 5.64. The first-order valence-electron chi connectivity index (χ1n) is 9.62. The Morgan fingerprint density at radius 2 is 1.90 bits per heavy atom. The average Bonchev–Trinajstić information content (AvgIpc) is 3.38. The topological polar surface area (TPSA) is 64.2 Å². The Bertz CT molecular complexity index is 1140. The molecule has 0 bridgehead atoms. The first-order valence-corrected chi connectivity index (χ1v) is 9.62. The van der Waals surface area contributed by atoms with Gasteiger partial charge in [-0.2, -0.15) is 5.10 Å². The number of carbonyl (C=O) groups excluding carboxylic acids is 1. The van der Waals surface area contributed by atoms with Crippen LogP contribution in [0.2, 0.25) is 0 Å². The molecule has 0 radical (unpaired) electrons. The van der Waals surface area contributed by atoms with Crippen molar-refractivity contribution in [1.82, 2.24) is 19.7 Å². The van der Waals surface area contributed by atoms with Gasteiger partial charge < -0.3 is 9.32 Å². The van der Waals surface area contributed by atoms with Crippen molar-refractivity contribution in [2.45, 2.75) is 33.2 Å². The van der Waals surface area contributed by atoms with E-state index < -0.39 is 0 Å². The van der Waals surface area contributed by atoms with Crippen molar-refractivity contribution in [1.29, 1.82) is 0 Å². The van der Waals surface area contributed by atoms with Crippen LogP contribution < -0.4 is 0 Å². The highest BCUT2D eigenvalue weighted by molar-refractivity contribution is 5.88. The highest BCUT2D eigenvalue weighted by atomic mass is 16.3. The second-order valence-electron chi connectivity index (χ2n) is 7.48. The predicted octanol–water partition coefficient (Wildman–Crippen LogP) is 4.39. The molecule has 1 atom stereocenters. The monoisotopic (exact) mass is 388 g/mol. The van der Waals surface area contributed by atoms with Crippen LogP contribution in [-0.4, -0.2) is 32.6 Å². The molecule has 1 amide bonds. The van der Waals surface area contributed by atoms with Crippen molar-refractivity contribution in [3.8, 4) is 5.69 Å². The van der Waals surface area contributed by atoms with Gasteiger partial charge in [0.2, 0.25) is 5.91 Å². The minimum absolute atomic E-state index is 0.0468. The Morgan fingerprint density at radius 1 is 1.17 bits per heavy atom. The minimum Gasteiger partial charge on any atom is -0.464 e. The van der Waals surface area contributed by atoms with Gasteiger partial charge in [-0.05, 0) is 61.7 Å². The normalized spacial score (nSPS) is 12.3. The summed E-state index contributed by atoms with van der Waals surface area (Å²) in [7, 11) is 1.84. The fourth-order valence-electron chi connectivity index (χ4n) is 3.45. The van der Waals surface area contributed by atoms with E-state index in [0.717, 1.165) is 27.8 Å². The van der Waals surface area contributed by atoms with Crippen LogP contribution in [0.3, 0.4) is 0 Å². The molecule has 0 spiro atoms. The number of hydrogen-bond donors (Lipinski definition) is 0. The number of fused-ring (bicyclic) bond motifs is 1. The molecule has 0 aliphatic heterocycles. The summed E-state index contributed by atoms with van der Waals surface area (Å²) in [5.41, 5.74) is 6.13. The van der Waals surface area contributed by atoms with Gasteiger partial charge in [-0.1, -0.05) is 12.1 Å². The molecule has 0 aliphatic rings. The summed E-state index contributed by atoms with van der Waals surface area (Å²) in [5, 5.41) is 5.15. The number of nitrogens with zero attached hydrogens (tertiary/aromatic N) is 4. The van der Waals surface area contributed by atoms with Crippen LogP contribution in [0.5, 0.6) is 0 Å². The molecule has 0 N–H and O–H groups in total. The predicted molar refractivity (Wildman–Crippen MR) is 112 cm³/mol. The van der Waals surface area contributed by atoms with Crippen LogP contribution in [0, 0.1) is 13.8 Å². The van der Waals surface area contributed by atoms with Gasteiger partial charge in [0.25, 0.3) is 0 Å². The van der Waals surface area contributed by atoms with Crippen molar-refractivity contribution < 1.29 is 9.21 Å². The zero-order chi connectivity index (χ0) is 20.5. The van der Waals surface area contributed by atoms with Crippen LogP contribution in [0.15, 0.2) is 59.7 Å². The van der Waals surface area contributed by atoms with Gasteiger partial charge >= 0.3 is 0 Å². The van der Waals surface area contributed by atoms with Gasteiger partial charge in [-0.15, -0.1) is 0 Å². The van der Waals surface area contributed by atoms with E-state index in [1.807, 2.05) is 44.3 Å². The lowest BCUT2D eigenvalue weighted by Gasteiger charge is -2.25.